The molecule has 1 aliphatic carbocycles. The Labute approximate surface area is 46.8 Å². The smallest absolute Gasteiger partial charge is 0.328 e. The number of hydrogen-bond acceptors (Lipinski definition) is 2. The van der Waals surface area contributed by atoms with E-state index in [1.54, 1.807) is 0 Å². The maximum Gasteiger partial charge on any atom is 0.328 e. The second-order valence-electron chi connectivity index (χ2n) is 2.06. The largest absolute Gasteiger partial charge is 0.480 e. The van der Waals surface area contributed by atoms with Crippen molar-refractivity contribution in [3.63, 3.8) is 0 Å². The van der Waals surface area contributed by atoms with E-state index in [1.165, 1.54) is 0 Å². The summed E-state index contributed by atoms with van der Waals surface area (Å²) in [5.41, 5.74) is 4.78. The fraction of sp³-hybridized carbons (Fsp3) is 0.400. The molecule has 0 radical (unpaired) electrons. The quantitative estimate of drug-likeness (QED) is 0.460. The number of aliphatic carboxylic acids is 1. The van der Waals surface area contributed by atoms with Crippen LogP contribution in [0.15, 0.2) is 12.2 Å². The third-order valence-electron chi connectivity index (χ3n) is 1.38. The lowest BCUT2D eigenvalue weighted by atomic mass is 10.3. The van der Waals surface area contributed by atoms with Crippen LogP contribution in [0.2, 0.25) is 0 Å². The van der Waals surface area contributed by atoms with E-state index in [0.717, 1.165) is 0 Å². The average Bonchev–Trinajstić information content (AvgIpc) is 2.17. The van der Waals surface area contributed by atoms with Crippen LogP contribution in [0, 0.1) is 0 Å². The molecule has 0 unspecified atom stereocenters. The number of carboxylic acids is 1. The molecule has 3 N–H and O–H groups in total. The highest BCUT2D eigenvalue weighted by Gasteiger charge is 2.50. The first-order valence-electron chi connectivity index (χ1n) is 2.28. The Hall–Kier alpha value is -0.830. The Morgan fingerprint density at radius 3 is 2.38 bits per heavy atom. The SMILES string of the molecule is C=C1C[C@]1(N)C(=O)O. The molecule has 8 heavy (non-hydrogen) atoms. The minimum Gasteiger partial charge on any atom is -0.480 e. The molecule has 0 aliphatic heterocycles. The summed E-state index contributed by atoms with van der Waals surface area (Å²) in [4.78, 5) is 10.1. The van der Waals surface area contributed by atoms with Crippen molar-refractivity contribution >= 4 is 5.97 Å². The maximum absolute atomic E-state index is 10.1. The van der Waals surface area contributed by atoms with Crippen LogP contribution < -0.4 is 5.73 Å². The minimum absolute atomic E-state index is 0.433. The fourth-order valence-electron chi connectivity index (χ4n) is 0.519. The highest BCUT2D eigenvalue weighted by molar-refractivity contribution is 5.89. The molecule has 0 amide bonds. The van der Waals surface area contributed by atoms with Crippen molar-refractivity contribution in [1.29, 1.82) is 0 Å². The van der Waals surface area contributed by atoms with Crippen molar-refractivity contribution in [3.8, 4) is 0 Å². The number of nitrogens with two attached hydrogens (primary N) is 1. The number of carboxylic acid groups (broad SMARTS) is 1. The summed E-state index contributed by atoms with van der Waals surface area (Å²) >= 11 is 0. The molecule has 0 saturated heterocycles. The van der Waals surface area contributed by atoms with Gasteiger partial charge >= 0.3 is 5.97 Å². The second-order valence-corrected chi connectivity index (χ2v) is 2.06. The van der Waals surface area contributed by atoms with Gasteiger partial charge in [-0.15, -0.1) is 0 Å². The Morgan fingerprint density at radius 2 is 2.38 bits per heavy atom. The van der Waals surface area contributed by atoms with Gasteiger partial charge in [0.05, 0.1) is 0 Å². The van der Waals surface area contributed by atoms with E-state index < -0.39 is 11.5 Å². The Bertz CT molecular complexity index is 164. The first kappa shape index (κ1) is 5.31. The van der Waals surface area contributed by atoms with Crippen molar-refractivity contribution < 1.29 is 9.90 Å². The van der Waals surface area contributed by atoms with Crippen LogP contribution in [0.3, 0.4) is 0 Å². The molecule has 1 fully saturated rings. The van der Waals surface area contributed by atoms with Gasteiger partial charge in [0.25, 0.3) is 0 Å². The van der Waals surface area contributed by atoms with Crippen LogP contribution in [0.5, 0.6) is 0 Å². The fourth-order valence-corrected chi connectivity index (χ4v) is 0.519. The van der Waals surface area contributed by atoms with Crippen LogP contribution in [-0.4, -0.2) is 16.6 Å². The molecule has 0 aromatic rings. The lowest BCUT2D eigenvalue weighted by Crippen LogP contribution is -2.32. The lowest BCUT2D eigenvalue weighted by molar-refractivity contribution is -0.139. The molecule has 44 valence electrons. The molecule has 1 rings (SSSR count). The van der Waals surface area contributed by atoms with Gasteiger partial charge in [-0.05, 0) is 5.57 Å². The van der Waals surface area contributed by atoms with E-state index in [4.69, 9.17) is 10.8 Å². The summed E-state index contributed by atoms with van der Waals surface area (Å²) in [6.45, 7) is 3.44. The average molecular weight is 113 g/mol. The van der Waals surface area contributed by atoms with Crippen molar-refractivity contribution in [2.75, 3.05) is 0 Å². The normalized spacial score (nSPS) is 34.9. The predicted molar refractivity (Wildman–Crippen MR) is 28.3 cm³/mol. The molecule has 3 nitrogen and oxygen atoms in total. The van der Waals surface area contributed by atoms with Crippen molar-refractivity contribution in [2.45, 2.75) is 12.0 Å². The van der Waals surface area contributed by atoms with Gasteiger partial charge in [-0.2, -0.15) is 0 Å². The van der Waals surface area contributed by atoms with Gasteiger partial charge in [-0.25, -0.2) is 4.79 Å². The highest BCUT2D eigenvalue weighted by Crippen LogP contribution is 2.38. The molecule has 0 heterocycles. The monoisotopic (exact) mass is 113 g/mol. The Morgan fingerprint density at radius 1 is 2.00 bits per heavy atom. The summed E-state index contributed by atoms with van der Waals surface area (Å²) in [5, 5.41) is 8.30. The summed E-state index contributed by atoms with van der Waals surface area (Å²) in [5.74, 6) is -0.970. The molecule has 1 atom stereocenters. The summed E-state index contributed by atoms with van der Waals surface area (Å²) in [6, 6.07) is 0. The molecule has 0 aromatic carbocycles. The molecule has 1 aliphatic rings. The van der Waals surface area contributed by atoms with Gasteiger partial charge in [-0.1, -0.05) is 6.58 Å². The molecule has 3 heteroatoms. The minimum atomic E-state index is -1.07. The lowest BCUT2D eigenvalue weighted by Gasteiger charge is -1.95. The van der Waals surface area contributed by atoms with Gasteiger partial charge in [0, 0.05) is 6.42 Å². The molecular weight excluding hydrogens is 106 g/mol. The van der Waals surface area contributed by atoms with Crippen LogP contribution in [-0.2, 0) is 4.79 Å². The van der Waals surface area contributed by atoms with Crippen LogP contribution in [0.1, 0.15) is 6.42 Å². The molecule has 1 saturated carbocycles. The predicted octanol–water partition coefficient (Wildman–Crippen LogP) is -0.272. The highest BCUT2D eigenvalue weighted by atomic mass is 16.4. The van der Waals surface area contributed by atoms with Gasteiger partial charge in [0.15, 0.2) is 0 Å². The zero-order valence-corrected chi connectivity index (χ0v) is 4.35. The number of hydrogen-bond donors (Lipinski definition) is 2. The van der Waals surface area contributed by atoms with Crippen LogP contribution in [0.4, 0.5) is 0 Å². The van der Waals surface area contributed by atoms with E-state index in [2.05, 4.69) is 6.58 Å². The van der Waals surface area contributed by atoms with Crippen LogP contribution >= 0.6 is 0 Å². The van der Waals surface area contributed by atoms with E-state index in [-0.39, 0.29) is 0 Å². The zero-order chi connectivity index (χ0) is 6.36. The van der Waals surface area contributed by atoms with E-state index in [9.17, 15) is 4.79 Å². The summed E-state index contributed by atoms with van der Waals surface area (Å²) in [7, 11) is 0. The standard InChI is InChI=1S/C5H7NO2/c1-3-2-5(3,6)4(7)8/h1-2,6H2,(H,7,8)/t5-/m1/s1. The van der Waals surface area contributed by atoms with Crippen molar-refractivity contribution in [3.05, 3.63) is 12.2 Å². The third-order valence-corrected chi connectivity index (χ3v) is 1.38. The summed E-state index contributed by atoms with van der Waals surface area (Å²) in [6.07, 6.45) is 0.433. The van der Waals surface area contributed by atoms with Crippen LogP contribution in [0.25, 0.3) is 0 Å². The Kier molecular flexibility index (Phi) is 0.739. The second kappa shape index (κ2) is 1.11. The molecular formula is C5H7NO2. The third kappa shape index (κ3) is 0.448. The Balaban J connectivity index is 2.73. The van der Waals surface area contributed by atoms with Crippen molar-refractivity contribution in [1.82, 2.24) is 0 Å². The van der Waals surface area contributed by atoms with Gasteiger partial charge in [0.1, 0.15) is 5.54 Å². The maximum atomic E-state index is 10.1. The zero-order valence-electron chi connectivity index (χ0n) is 4.35. The van der Waals surface area contributed by atoms with Gasteiger partial charge < -0.3 is 10.8 Å². The molecule has 0 aromatic heterocycles. The number of carbonyl (C=O) groups is 1. The topological polar surface area (TPSA) is 63.3 Å². The molecule has 0 bridgehead atoms. The van der Waals surface area contributed by atoms with E-state index in [0.29, 0.717) is 12.0 Å². The van der Waals surface area contributed by atoms with Crippen molar-refractivity contribution in [2.24, 2.45) is 5.73 Å². The first-order valence-corrected chi connectivity index (χ1v) is 2.28. The number of rotatable bonds is 1. The van der Waals surface area contributed by atoms with E-state index in [1.807, 2.05) is 0 Å². The van der Waals surface area contributed by atoms with Gasteiger partial charge in [0.2, 0.25) is 0 Å². The summed E-state index contributed by atoms with van der Waals surface area (Å²) < 4.78 is 0. The molecule has 0 spiro atoms. The van der Waals surface area contributed by atoms with Gasteiger partial charge in [-0.3, -0.25) is 0 Å². The first-order chi connectivity index (χ1) is 3.57. The van der Waals surface area contributed by atoms with E-state index >= 15 is 0 Å².